The third-order valence-corrected chi connectivity index (χ3v) is 2.96. The predicted molar refractivity (Wildman–Crippen MR) is 56.2 cm³/mol. The number of hydrogen-bond donors (Lipinski definition) is 0. The highest BCUT2D eigenvalue weighted by Gasteiger charge is 2.34. The van der Waals surface area contributed by atoms with E-state index in [9.17, 15) is 9.59 Å². The van der Waals surface area contributed by atoms with E-state index in [-0.39, 0.29) is 24.3 Å². The lowest BCUT2D eigenvalue weighted by Gasteiger charge is -2.23. The van der Waals surface area contributed by atoms with Crippen LogP contribution in [0.3, 0.4) is 0 Å². The number of ether oxygens (including phenoxy) is 1. The summed E-state index contributed by atoms with van der Waals surface area (Å²) in [5.74, 6) is 0.303. The molecule has 0 N–H and O–H groups in total. The number of esters is 1. The highest BCUT2D eigenvalue weighted by molar-refractivity contribution is 5.83. The van der Waals surface area contributed by atoms with Crippen molar-refractivity contribution in [2.45, 2.75) is 26.7 Å². The van der Waals surface area contributed by atoms with Crippen LogP contribution in [0.25, 0.3) is 0 Å². The molecular formula is C11H19NO3. The van der Waals surface area contributed by atoms with Crippen LogP contribution in [0.2, 0.25) is 0 Å². The summed E-state index contributed by atoms with van der Waals surface area (Å²) in [6.07, 6.45) is 2.28. The smallest absolute Gasteiger partial charge is 0.325 e. The van der Waals surface area contributed by atoms with Crippen molar-refractivity contribution >= 4 is 11.9 Å². The molecule has 0 aliphatic heterocycles. The second kappa shape index (κ2) is 5.14. The molecule has 0 heterocycles. The van der Waals surface area contributed by atoms with Gasteiger partial charge in [0.1, 0.15) is 6.54 Å². The predicted octanol–water partition coefficient (Wildman–Crippen LogP) is 1.05. The fourth-order valence-corrected chi connectivity index (χ4v) is 1.65. The minimum Gasteiger partial charge on any atom is -0.468 e. The van der Waals surface area contributed by atoms with Gasteiger partial charge < -0.3 is 9.64 Å². The molecule has 0 radical (unpaired) electrons. The van der Waals surface area contributed by atoms with Crippen molar-refractivity contribution < 1.29 is 14.3 Å². The number of carbonyl (C=O) groups is 2. The molecule has 1 aliphatic carbocycles. The molecule has 1 unspecified atom stereocenters. The molecule has 0 aromatic rings. The van der Waals surface area contributed by atoms with Crippen LogP contribution in [-0.4, -0.2) is 37.0 Å². The van der Waals surface area contributed by atoms with Crippen LogP contribution in [0.4, 0.5) is 0 Å². The number of carbonyl (C=O) groups excluding carboxylic acids is 2. The van der Waals surface area contributed by atoms with Crippen LogP contribution < -0.4 is 0 Å². The molecule has 4 heteroatoms. The molecule has 1 atom stereocenters. The molecule has 1 aliphatic rings. The van der Waals surface area contributed by atoms with Crippen molar-refractivity contribution in [1.82, 2.24) is 4.90 Å². The summed E-state index contributed by atoms with van der Waals surface area (Å²) >= 11 is 0. The second-order valence-corrected chi connectivity index (χ2v) is 4.05. The van der Waals surface area contributed by atoms with Gasteiger partial charge in [-0.25, -0.2) is 0 Å². The summed E-state index contributed by atoms with van der Waals surface area (Å²) in [5, 5.41) is 0. The van der Waals surface area contributed by atoms with E-state index in [1.165, 1.54) is 7.11 Å². The molecule has 4 nitrogen and oxygen atoms in total. The topological polar surface area (TPSA) is 46.6 Å². The number of amides is 1. The minimum atomic E-state index is -0.354. The van der Waals surface area contributed by atoms with Crippen LogP contribution in [0.1, 0.15) is 26.7 Å². The third kappa shape index (κ3) is 3.22. The first kappa shape index (κ1) is 12.0. The van der Waals surface area contributed by atoms with E-state index in [0.717, 1.165) is 12.8 Å². The van der Waals surface area contributed by atoms with Crippen molar-refractivity contribution in [2.75, 3.05) is 20.2 Å². The van der Waals surface area contributed by atoms with E-state index in [1.807, 2.05) is 13.8 Å². The van der Waals surface area contributed by atoms with Gasteiger partial charge in [0.25, 0.3) is 0 Å². The molecule has 1 saturated carbocycles. The van der Waals surface area contributed by atoms with E-state index in [1.54, 1.807) is 4.90 Å². The van der Waals surface area contributed by atoms with E-state index < -0.39 is 0 Å². The first-order chi connectivity index (χ1) is 7.10. The summed E-state index contributed by atoms with van der Waals surface area (Å²) in [5.41, 5.74) is 0. The number of hydrogen-bond acceptors (Lipinski definition) is 3. The van der Waals surface area contributed by atoms with E-state index in [0.29, 0.717) is 12.5 Å². The lowest BCUT2D eigenvalue weighted by Crippen LogP contribution is -2.39. The highest BCUT2D eigenvalue weighted by Crippen LogP contribution is 2.37. The Balaban J connectivity index is 2.48. The second-order valence-electron chi connectivity index (χ2n) is 4.05. The fraction of sp³-hybridized carbons (Fsp3) is 0.818. The molecule has 86 valence electrons. The lowest BCUT2D eigenvalue weighted by atomic mass is 10.1. The van der Waals surface area contributed by atoms with Crippen LogP contribution >= 0.6 is 0 Å². The maximum absolute atomic E-state index is 11.9. The Hall–Kier alpha value is -1.06. The van der Waals surface area contributed by atoms with Gasteiger partial charge in [-0.3, -0.25) is 9.59 Å². The summed E-state index contributed by atoms with van der Waals surface area (Å²) in [7, 11) is 1.34. The molecule has 1 fully saturated rings. The Morgan fingerprint density at radius 2 is 2.07 bits per heavy atom. The normalized spacial score (nSPS) is 17.0. The van der Waals surface area contributed by atoms with E-state index >= 15 is 0 Å². The maximum Gasteiger partial charge on any atom is 0.325 e. The maximum atomic E-state index is 11.9. The Kier molecular flexibility index (Phi) is 4.12. The first-order valence-electron chi connectivity index (χ1n) is 5.45. The average molecular weight is 213 g/mol. The molecule has 0 saturated heterocycles. The van der Waals surface area contributed by atoms with Gasteiger partial charge in [-0.05, 0) is 25.7 Å². The van der Waals surface area contributed by atoms with Crippen molar-refractivity contribution in [2.24, 2.45) is 11.8 Å². The standard InChI is InChI=1S/C11H19NO3/c1-4-12(7-10(13)15-3)11(14)8(2)9-5-6-9/h8-9H,4-7H2,1-3H3. The summed E-state index contributed by atoms with van der Waals surface area (Å²) in [4.78, 5) is 24.6. The largest absolute Gasteiger partial charge is 0.468 e. The van der Waals surface area contributed by atoms with Gasteiger partial charge in [0, 0.05) is 12.5 Å². The van der Waals surface area contributed by atoms with Crippen molar-refractivity contribution in [3.63, 3.8) is 0 Å². The number of methoxy groups -OCH3 is 1. The zero-order chi connectivity index (χ0) is 11.4. The molecule has 0 bridgehead atoms. The molecule has 0 spiro atoms. The molecule has 15 heavy (non-hydrogen) atoms. The minimum absolute atomic E-state index is 0.0506. The molecule has 0 aromatic heterocycles. The van der Waals surface area contributed by atoms with Crippen LogP contribution in [0, 0.1) is 11.8 Å². The van der Waals surface area contributed by atoms with Gasteiger partial charge in [0.15, 0.2) is 0 Å². The van der Waals surface area contributed by atoms with Crippen LogP contribution in [0.5, 0.6) is 0 Å². The monoisotopic (exact) mass is 213 g/mol. The SMILES string of the molecule is CCN(CC(=O)OC)C(=O)C(C)C1CC1. The molecular weight excluding hydrogens is 194 g/mol. The summed E-state index contributed by atoms with van der Waals surface area (Å²) in [6, 6.07) is 0. The van der Waals surface area contributed by atoms with Gasteiger partial charge >= 0.3 is 5.97 Å². The lowest BCUT2D eigenvalue weighted by molar-refractivity contribution is -0.148. The van der Waals surface area contributed by atoms with Gasteiger partial charge in [-0.1, -0.05) is 6.92 Å². The van der Waals surface area contributed by atoms with E-state index in [4.69, 9.17) is 0 Å². The molecule has 0 aromatic carbocycles. The third-order valence-electron chi connectivity index (χ3n) is 2.96. The van der Waals surface area contributed by atoms with Crippen LogP contribution in [-0.2, 0) is 14.3 Å². The quantitative estimate of drug-likeness (QED) is 0.641. The Morgan fingerprint density at radius 3 is 2.47 bits per heavy atom. The number of nitrogens with zero attached hydrogens (tertiary/aromatic N) is 1. The zero-order valence-corrected chi connectivity index (χ0v) is 9.66. The highest BCUT2D eigenvalue weighted by atomic mass is 16.5. The zero-order valence-electron chi connectivity index (χ0n) is 9.66. The van der Waals surface area contributed by atoms with Crippen molar-refractivity contribution in [3.8, 4) is 0 Å². The Morgan fingerprint density at radius 1 is 1.47 bits per heavy atom. The molecule has 1 rings (SSSR count). The van der Waals surface area contributed by atoms with Gasteiger partial charge in [0.05, 0.1) is 7.11 Å². The Labute approximate surface area is 90.6 Å². The summed E-state index contributed by atoms with van der Waals surface area (Å²) in [6.45, 7) is 4.45. The van der Waals surface area contributed by atoms with E-state index in [2.05, 4.69) is 4.74 Å². The number of rotatable bonds is 5. The van der Waals surface area contributed by atoms with Crippen LogP contribution in [0.15, 0.2) is 0 Å². The first-order valence-corrected chi connectivity index (χ1v) is 5.45. The fourth-order valence-electron chi connectivity index (χ4n) is 1.65. The van der Waals surface area contributed by atoms with Gasteiger partial charge in [-0.15, -0.1) is 0 Å². The van der Waals surface area contributed by atoms with Crippen molar-refractivity contribution in [1.29, 1.82) is 0 Å². The van der Waals surface area contributed by atoms with Gasteiger partial charge in [0.2, 0.25) is 5.91 Å². The summed E-state index contributed by atoms with van der Waals surface area (Å²) < 4.78 is 4.56. The van der Waals surface area contributed by atoms with Gasteiger partial charge in [-0.2, -0.15) is 0 Å². The average Bonchev–Trinajstić information content (AvgIpc) is 3.07. The Bertz CT molecular complexity index is 248. The number of likely N-dealkylation sites (N-methyl/N-ethyl adjacent to an activating group) is 1. The van der Waals surface area contributed by atoms with Crippen molar-refractivity contribution in [3.05, 3.63) is 0 Å². The molecule has 1 amide bonds.